The molecule has 0 saturated heterocycles. The van der Waals surface area contributed by atoms with Crippen molar-refractivity contribution in [1.82, 2.24) is 0 Å². The first-order chi connectivity index (χ1) is 7.00. The second-order valence-electron chi connectivity index (χ2n) is 3.86. The summed E-state index contributed by atoms with van der Waals surface area (Å²) in [5.41, 5.74) is 0.00884. The summed E-state index contributed by atoms with van der Waals surface area (Å²) in [5.74, 6) is -2.49. The van der Waals surface area contributed by atoms with E-state index < -0.39 is 17.5 Å². The Labute approximate surface area is 87.3 Å². The Morgan fingerprint density at radius 1 is 1.07 bits per heavy atom. The zero-order chi connectivity index (χ0) is 11.4. The number of rotatable bonds is 4. The fourth-order valence-corrected chi connectivity index (χ4v) is 1.15. The molecule has 1 aromatic carbocycles. The second-order valence-corrected chi connectivity index (χ2v) is 3.86. The lowest BCUT2D eigenvalue weighted by molar-refractivity contribution is 0.495. The molecule has 1 aromatic rings. The lowest BCUT2D eigenvalue weighted by atomic mass is 10.1. The SMILES string of the molecule is CC(C)CCNc1cc(F)c(F)cc1F. The van der Waals surface area contributed by atoms with Gasteiger partial charge in [-0.15, -0.1) is 0 Å². The minimum atomic E-state index is -1.16. The van der Waals surface area contributed by atoms with Crippen molar-refractivity contribution in [1.29, 1.82) is 0 Å². The van der Waals surface area contributed by atoms with Crippen LogP contribution in [-0.4, -0.2) is 6.54 Å². The summed E-state index contributed by atoms with van der Waals surface area (Å²) >= 11 is 0. The van der Waals surface area contributed by atoms with Crippen molar-refractivity contribution >= 4 is 5.69 Å². The molecule has 1 nitrogen and oxygen atoms in total. The van der Waals surface area contributed by atoms with Crippen molar-refractivity contribution in [3.63, 3.8) is 0 Å². The Kier molecular flexibility index (Phi) is 4.00. The molecule has 0 aliphatic rings. The Hall–Kier alpha value is -1.19. The van der Waals surface area contributed by atoms with Crippen LogP contribution in [0.3, 0.4) is 0 Å². The summed E-state index contributed by atoms with van der Waals surface area (Å²) < 4.78 is 38.4. The van der Waals surface area contributed by atoms with Crippen molar-refractivity contribution in [2.24, 2.45) is 5.92 Å². The lowest BCUT2D eigenvalue weighted by Gasteiger charge is -2.09. The quantitative estimate of drug-likeness (QED) is 0.760. The van der Waals surface area contributed by atoms with Crippen molar-refractivity contribution in [2.75, 3.05) is 11.9 Å². The molecule has 1 rings (SSSR count). The van der Waals surface area contributed by atoms with Crippen LogP contribution in [-0.2, 0) is 0 Å². The highest BCUT2D eigenvalue weighted by Gasteiger charge is 2.09. The van der Waals surface area contributed by atoms with Gasteiger partial charge < -0.3 is 5.32 Å². The van der Waals surface area contributed by atoms with E-state index in [0.717, 1.165) is 12.5 Å². The number of nitrogens with one attached hydrogen (secondary N) is 1. The van der Waals surface area contributed by atoms with Gasteiger partial charge in [-0.25, -0.2) is 13.2 Å². The lowest BCUT2D eigenvalue weighted by Crippen LogP contribution is -2.07. The maximum Gasteiger partial charge on any atom is 0.161 e. The standard InChI is InChI=1S/C11H14F3N/c1-7(2)3-4-15-11-6-9(13)8(12)5-10(11)14/h5-7,15H,3-4H2,1-2H3. The average Bonchev–Trinajstić information content (AvgIpc) is 2.13. The Morgan fingerprint density at radius 3 is 2.27 bits per heavy atom. The minimum Gasteiger partial charge on any atom is -0.383 e. The van der Waals surface area contributed by atoms with Crippen LogP contribution < -0.4 is 5.32 Å². The summed E-state index contributed by atoms with van der Waals surface area (Å²) in [7, 11) is 0. The fourth-order valence-electron chi connectivity index (χ4n) is 1.15. The molecule has 0 bridgehead atoms. The average molecular weight is 217 g/mol. The second kappa shape index (κ2) is 5.05. The summed E-state index contributed by atoms with van der Waals surface area (Å²) in [5, 5.41) is 2.73. The summed E-state index contributed by atoms with van der Waals surface area (Å²) in [6.07, 6.45) is 0.846. The van der Waals surface area contributed by atoms with Crippen LogP contribution in [0.15, 0.2) is 12.1 Å². The molecule has 0 radical (unpaired) electrons. The largest absolute Gasteiger partial charge is 0.383 e. The summed E-state index contributed by atoms with van der Waals surface area (Å²) in [6.45, 7) is 4.60. The molecule has 0 amide bonds. The predicted molar refractivity (Wildman–Crippen MR) is 54.3 cm³/mol. The van der Waals surface area contributed by atoms with Gasteiger partial charge in [0.05, 0.1) is 5.69 Å². The van der Waals surface area contributed by atoms with E-state index in [1.165, 1.54) is 0 Å². The minimum absolute atomic E-state index is 0.00884. The molecular weight excluding hydrogens is 203 g/mol. The first-order valence-electron chi connectivity index (χ1n) is 4.89. The van der Waals surface area contributed by atoms with Crippen LogP contribution in [0, 0.1) is 23.4 Å². The molecule has 0 unspecified atom stereocenters. The Morgan fingerprint density at radius 2 is 1.67 bits per heavy atom. The number of benzene rings is 1. The number of halogens is 3. The van der Waals surface area contributed by atoms with Crippen LogP contribution in [0.1, 0.15) is 20.3 Å². The maximum absolute atomic E-state index is 13.1. The first-order valence-corrected chi connectivity index (χ1v) is 4.89. The topological polar surface area (TPSA) is 12.0 Å². The van der Waals surface area contributed by atoms with Gasteiger partial charge in [0.1, 0.15) is 5.82 Å². The summed E-state index contributed by atoms with van der Waals surface area (Å²) in [4.78, 5) is 0. The van der Waals surface area contributed by atoms with E-state index in [1.807, 2.05) is 13.8 Å². The first kappa shape index (κ1) is 11.9. The third-order valence-corrected chi connectivity index (χ3v) is 2.05. The third kappa shape index (κ3) is 3.46. The predicted octanol–water partition coefficient (Wildman–Crippen LogP) is 3.56. The molecule has 84 valence electrons. The van der Waals surface area contributed by atoms with E-state index in [0.29, 0.717) is 18.5 Å². The summed E-state index contributed by atoms with van der Waals surface area (Å²) in [6, 6.07) is 1.39. The van der Waals surface area contributed by atoms with Gasteiger partial charge in [0.15, 0.2) is 11.6 Å². The van der Waals surface area contributed by atoms with E-state index >= 15 is 0 Å². The number of hydrogen-bond donors (Lipinski definition) is 1. The highest BCUT2D eigenvalue weighted by molar-refractivity contribution is 5.45. The number of hydrogen-bond acceptors (Lipinski definition) is 1. The molecule has 0 heterocycles. The van der Waals surface area contributed by atoms with Crippen molar-refractivity contribution in [3.8, 4) is 0 Å². The van der Waals surface area contributed by atoms with Crippen LogP contribution in [0.4, 0.5) is 18.9 Å². The molecule has 0 atom stereocenters. The Balaban J connectivity index is 2.65. The zero-order valence-corrected chi connectivity index (χ0v) is 8.78. The number of anilines is 1. The van der Waals surface area contributed by atoms with Crippen LogP contribution in [0.2, 0.25) is 0 Å². The molecule has 4 heteroatoms. The molecule has 0 aliphatic heterocycles. The Bertz CT molecular complexity index is 337. The molecule has 15 heavy (non-hydrogen) atoms. The van der Waals surface area contributed by atoms with Gasteiger partial charge >= 0.3 is 0 Å². The molecule has 0 aromatic heterocycles. The molecular formula is C11H14F3N. The van der Waals surface area contributed by atoms with Gasteiger partial charge in [-0.1, -0.05) is 13.8 Å². The molecule has 0 saturated carbocycles. The van der Waals surface area contributed by atoms with Crippen LogP contribution in [0.25, 0.3) is 0 Å². The van der Waals surface area contributed by atoms with Gasteiger partial charge in [0.25, 0.3) is 0 Å². The van der Waals surface area contributed by atoms with Crippen molar-refractivity contribution < 1.29 is 13.2 Å². The van der Waals surface area contributed by atoms with Crippen LogP contribution >= 0.6 is 0 Å². The highest BCUT2D eigenvalue weighted by atomic mass is 19.2. The van der Waals surface area contributed by atoms with Crippen LogP contribution in [0.5, 0.6) is 0 Å². The molecule has 0 aliphatic carbocycles. The van der Waals surface area contributed by atoms with Crippen molar-refractivity contribution in [2.45, 2.75) is 20.3 Å². The zero-order valence-electron chi connectivity index (χ0n) is 8.78. The van der Waals surface area contributed by atoms with E-state index in [9.17, 15) is 13.2 Å². The smallest absolute Gasteiger partial charge is 0.161 e. The van der Waals surface area contributed by atoms with Gasteiger partial charge in [0.2, 0.25) is 0 Å². The van der Waals surface area contributed by atoms with Gasteiger partial charge in [0, 0.05) is 18.7 Å². The monoisotopic (exact) mass is 217 g/mol. The molecule has 1 N–H and O–H groups in total. The molecule has 0 fully saturated rings. The fraction of sp³-hybridized carbons (Fsp3) is 0.455. The van der Waals surface area contributed by atoms with E-state index in [2.05, 4.69) is 5.32 Å². The normalized spacial score (nSPS) is 10.8. The maximum atomic E-state index is 13.1. The highest BCUT2D eigenvalue weighted by Crippen LogP contribution is 2.18. The van der Waals surface area contributed by atoms with Gasteiger partial charge in [-0.05, 0) is 12.3 Å². The van der Waals surface area contributed by atoms with Crippen molar-refractivity contribution in [3.05, 3.63) is 29.6 Å². The van der Waals surface area contributed by atoms with Gasteiger partial charge in [-0.2, -0.15) is 0 Å². The van der Waals surface area contributed by atoms with E-state index in [1.54, 1.807) is 0 Å². The van der Waals surface area contributed by atoms with Gasteiger partial charge in [-0.3, -0.25) is 0 Å². The molecule has 0 spiro atoms. The van der Waals surface area contributed by atoms with E-state index in [-0.39, 0.29) is 5.69 Å². The third-order valence-electron chi connectivity index (χ3n) is 2.05. The van der Waals surface area contributed by atoms with E-state index in [4.69, 9.17) is 0 Å².